The van der Waals surface area contributed by atoms with Crippen LogP contribution < -0.4 is 18.9 Å². The quantitative estimate of drug-likeness (QED) is 0.768. The number of hydrogen-bond acceptors (Lipinski definition) is 5. The summed E-state index contributed by atoms with van der Waals surface area (Å²) >= 11 is 0. The third kappa shape index (κ3) is 2.83. The molecule has 0 heterocycles. The summed E-state index contributed by atoms with van der Waals surface area (Å²) in [7, 11) is 6.10. The normalized spacial score (nSPS) is 10.0. The van der Waals surface area contributed by atoms with Gasteiger partial charge < -0.3 is 18.9 Å². The Bertz CT molecular complexity index is 656. The lowest BCUT2D eigenvalue weighted by Crippen LogP contribution is -2.07. The van der Waals surface area contributed by atoms with E-state index in [1.165, 1.54) is 21.3 Å². The van der Waals surface area contributed by atoms with Crippen molar-refractivity contribution >= 4 is 5.78 Å². The summed E-state index contributed by atoms with van der Waals surface area (Å²) in [5.74, 6) is 1.75. The van der Waals surface area contributed by atoms with Crippen LogP contribution in [0.3, 0.4) is 0 Å². The van der Waals surface area contributed by atoms with Crippen molar-refractivity contribution in [1.29, 1.82) is 0 Å². The zero-order chi connectivity index (χ0) is 16.1. The fraction of sp³-hybridized carbons (Fsp3) is 0.235. The molecule has 0 spiro atoms. The highest BCUT2D eigenvalue weighted by atomic mass is 16.5. The van der Waals surface area contributed by atoms with Gasteiger partial charge in [0.05, 0.1) is 28.4 Å². The van der Waals surface area contributed by atoms with Crippen LogP contribution >= 0.6 is 0 Å². The third-order valence-corrected chi connectivity index (χ3v) is 3.30. The first-order valence-electron chi connectivity index (χ1n) is 6.64. The van der Waals surface area contributed by atoms with Crippen LogP contribution in [-0.4, -0.2) is 34.2 Å². The van der Waals surface area contributed by atoms with Crippen molar-refractivity contribution in [3.8, 4) is 23.0 Å². The molecule has 0 radical (unpaired) electrons. The summed E-state index contributed by atoms with van der Waals surface area (Å²) < 4.78 is 21.0. The number of carbonyl (C=O) groups is 1. The zero-order valence-corrected chi connectivity index (χ0v) is 13.0. The average Bonchev–Trinajstić information content (AvgIpc) is 2.59. The van der Waals surface area contributed by atoms with Gasteiger partial charge >= 0.3 is 0 Å². The highest BCUT2D eigenvalue weighted by molar-refractivity contribution is 6.12. The molecular weight excluding hydrogens is 284 g/mol. The van der Waals surface area contributed by atoms with Gasteiger partial charge in [-0.15, -0.1) is 0 Å². The molecule has 2 aromatic carbocycles. The Hall–Kier alpha value is -2.69. The highest BCUT2D eigenvalue weighted by Gasteiger charge is 2.21. The first-order chi connectivity index (χ1) is 10.7. The van der Waals surface area contributed by atoms with Crippen molar-refractivity contribution < 1.29 is 23.7 Å². The molecule has 0 atom stereocenters. The van der Waals surface area contributed by atoms with E-state index in [1.54, 1.807) is 43.5 Å². The molecule has 0 aromatic heterocycles. The predicted molar refractivity (Wildman–Crippen MR) is 82.5 cm³/mol. The predicted octanol–water partition coefficient (Wildman–Crippen LogP) is 2.95. The Morgan fingerprint density at radius 2 is 1.27 bits per heavy atom. The molecule has 0 saturated heterocycles. The fourth-order valence-electron chi connectivity index (χ4n) is 2.20. The van der Waals surface area contributed by atoms with E-state index in [1.807, 2.05) is 0 Å². The van der Waals surface area contributed by atoms with E-state index in [0.717, 1.165) is 0 Å². The van der Waals surface area contributed by atoms with Gasteiger partial charge in [0.1, 0.15) is 17.1 Å². The Morgan fingerprint density at radius 1 is 0.727 bits per heavy atom. The van der Waals surface area contributed by atoms with Crippen LogP contribution in [0.5, 0.6) is 23.0 Å². The molecule has 0 aliphatic carbocycles. The second-order valence-corrected chi connectivity index (χ2v) is 4.44. The van der Waals surface area contributed by atoms with Gasteiger partial charge in [0.15, 0.2) is 11.5 Å². The maximum atomic E-state index is 12.8. The Labute approximate surface area is 129 Å². The monoisotopic (exact) mass is 302 g/mol. The molecule has 2 aromatic rings. The number of hydrogen-bond donors (Lipinski definition) is 0. The average molecular weight is 302 g/mol. The van der Waals surface area contributed by atoms with Crippen molar-refractivity contribution in [2.75, 3.05) is 28.4 Å². The third-order valence-electron chi connectivity index (χ3n) is 3.30. The molecule has 0 fully saturated rings. The van der Waals surface area contributed by atoms with E-state index < -0.39 is 0 Å². The lowest BCUT2D eigenvalue weighted by atomic mass is 10.0. The molecule has 116 valence electrons. The molecule has 22 heavy (non-hydrogen) atoms. The summed E-state index contributed by atoms with van der Waals surface area (Å²) in [4.78, 5) is 12.8. The Kier molecular flexibility index (Phi) is 4.88. The number of ketones is 1. The summed E-state index contributed by atoms with van der Waals surface area (Å²) in [6.45, 7) is 0. The van der Waals surface area contributed by atoms with Crippen LogP contribution in [0.1, 0.15) is 15.9 Å². The summed E-state index contributed by atoms with van der Waals surface area (Å²) in [6.07, 6.45) is 0. The van der Waals surface area contributed by atoms with Gasteiger partial charge in [0.2, 0.25) is 5.78 Å². The van der Waals surface area contributed by atoms with Gasteiger partial charge in [-0.05, 0) is 30.3 Å². The van der Waals surface area contributed by atoms with E-state index in [9.17, 15) is 4.79 Å². The Balaban J connectivity index is 2.53. The van der Waals surface area contributed by atoms with Crippen LogP contribution in [-0.2, 0) is 0 Å². The first-order valence-corrected chi connectivity index (χ1v) is 6.64. The second-order valence-electron chi connectivity index (χ2n) is 4.44. The molecule has 0 aliphatic heterocycles. The molecule has 0 aliphatic rings. The van der Waals surface area contributed by atoms with Crippen LogP contribution in [0.4, 0.5) is 0 Å². The lowest BCUT2D eigenvalue weighted by molar-refractivity contribution is 0.103. The van der Waals surface area contributed by atoms with E-state index in [-0.39, 0.29) is 5.78 Å². The lowest BCUT2D eigenvalue weighted by Gasteiger charge is -2.13. The van der Waals surface area contributed by atoms with Gasteiger partial charge in [0.25, 0.3) is 0 Å². The zero-order valence-electron chi connectivity index (χ0n) is 13.0. The molecule has 0 N–H and O–H groups in total. The van der Waals surface area contributed by atoms with Gasteiger partial charge in [-0.25, -0.2) is 0 Å². The number of methoxy groups -OCH3 is 4. The molecule has 0 unspecified atom stereocenters. The number of benzene rings is 2. The largest absolute Gasteiger partial charge is 0.496 e. The molecule has 5 nitrogen and oxygen atoms in total. The van der Waals surface area contributed by atoms with E-state index >= 15 is 0 Å². The van der Waals surface area contributed by atoms with Crippen LogP contribution in [0.15, 0.2) is 36.4 Å². The second kappa shape index (κ2) is 6.85. The molecule has 0 amide bonds. The summed E-state index contributed by atoms with van der Waals surface area (Å²) in [6, 6.07) is 10.2. The molecule has 2 rings (SSSR count). The molecule has 0 bridgehead atoms. The van der Waals surface area contributed by atoms with Crippen LogP contribution in [0.25, 0.3) is 0 Å². The van der Waals surface area contributed by atoms with Crippen molar-refractivity contribution in [1.82, 2.24) is 0 Å². The van der Waals surface area contributed by atoms with Crippen molar-refractivity contribution in [2.45, 2.75) is 0 Å². The summed E-state index contributed by atoms with van der Waals surface area (Å²) in [5, 5.41) is 0. The summed E-state index contributed by atoms with van der Waals surface area (Å²) in [5.41, 5.74) is 0.833. The van der Waals surface area contributed by atoms with Crippen LogP contribution in [0, 0.1) is 0 Å². The number of ether oxygens (including phenoxy) is 4. The standard InChI is InChI=1S/C17H18O5/c1-19-12-9-8-11(10-15(12)22-4)17(18)16-13(20-2)6-5-7-14(16)21-3/h5-10H,1-4H3. The molecular formula is C17H18O5. The smallest absolute Gasteiger partial charge is 0.200 e. The van der Waals surface area contributed by atoms with E-state index in [0.29, 0.717) is 34.1 Å². The Morgan fingerprint density at radius 3 is 1.77 bits per heavy atom. The topological polar surface area (TPSA) is 54.0 Å². The minimum Gasteiger partial charge on any atom is -0.496 e. The van der Waals surface area contributed by atoms with Crippen molar-refractivity contribution in [3.63, 3.8) is 0 Å². The minimum absolute atomic E-state index is 0.213. The SMILES string of the molecule is COc1ccc(C(=O)c2c(OC)cccc2OC)cc1OC. The van der Waals surface area contributed by atoms with Gasteiger partial charge in [-0.1, -0.05) is 6.07 Å². The van der Waals surface area contributed by atoms with E-state index in [4.69, 9.17) is 18.9 Å². The van der Waals surface area contributed by atoms with Gasteiger partial charge in [0, 0.05) is 5.56 Å². The van der Waals surface area contributed by atoms with Crippen LogP contribution in [0.2, 0.25) is 0 Å². The molecule has 5 heteroatoms. The number of rotatable bonds is 6. The van der Waals surface area contributed by atoms with Gasteiger partial charge in [-0.3, -0.25) is 4.79 Å². The molecule has 0 saturated carbocycles. The number of carbonyl (C=O) groups excluding carboxylic acids is 1. The maximum absolute atomic E-state index is 12.8. The highest BCUT2D eigenvalue weighted by Crippen LogP contribution is 2.33. The first kappa shape index (κ1) is 15.7. The van der Waals surface area contributed by atoms with E-state index in [2.05, 4.69) is 0 Å². The van der Waals surface area contributed by atoms with Gasteiger partial charge in [-0.2, -0.15) is 0 Å². The van der Waals surface area contributed by atoms with Crippen molar-refractivity contribution in [3.05, 3.63) is 47.5 Å². The fourth-order valence-corrected chi connectivity index (χ4v) is 2.20. The van der Waals surface area contributed by atoms with Crippen molar-refractivity contribution in [2.24, 2.45) is 0 Å². The maximum Gasteiger partial charge on any atom is 0.200 e. The minimum atomic E-state index is -0.213.